The van der Waals surface area contributed by atoms with E-state index in [0.29, 0.717) is 5.75 Å². The average Bonchev–Trinajstić information content (AvgIpc) is 2.33. The topological polar surface area (TPSA) is 32.3 Å². The fraction of sp³-hybridized carbons (Fsp3) is 0.467. The van der Waals surface area contributed by atoms with E-state index in [0.717, 1.165) is 31.5 Å². The van der Waals surface area contributed by atoms with Crippen LogP contribution in [0.3, 0.4) is 0 Å². The summed E-state index contributed by atoms with van der Waals surface area (Å²) in [5.41, 5.74) is 3.67. The average molecular weight is 233 g/mol. The molecule has 0 aliphatic carbocycles. The van der Waals surface area contributed by atoms with E-state index in [1.54, 1.807) is 6.07 Å². The Kier molecular flexibility index (Phi) is 5.78. The van der Waals surface area contributed by atoms with Crippen LogP contribution in [0.25, 0.3) is 5.57 Å². The summed E-state index contributed by atoms with van der Waals surface area (Å²) >= 11 is 0. The van der Waals surface area contributed by atoms with Crippen molar-refractivity contribution in [3.63, 3.8) is 0 Å². The molecular formula is C15H23NO. The van der Waals surface area contributed by atoms with E-state index >= 15 is 0 Å². The van der Waals surface area contributed by atoms with Crippen LogP contribution >= 0.6 is 0 Å². The Morgan fingerprint density at radius 1 is 1.35 bits per heavy atom. The predicted molar refractivity (Wildman–Crippen MR) is 74.3 cm³/mol. The number of benzene rings is 1. The smallest absolute Gasteiger partial charge is 0.116 e. The summed E-state index contributed by atoms with van der Waals surface area (Å²) in [5, 5.41) is 12.9. The highest BCUT2D eigenvalue weighted by Crippen LogP contribution is 2.25. The van der Waals surface area contributed by atoms with Gasteiger partial charge in [-0.05, 0) is 68.6 Å². The molecule has 1 aromatic rings. The Balaban J connectivity index is 2.70. The van der Waals surface area contributed by atoms with Crippen LogP contribution in [0.2, 0.25) is 0 Å². The summed E-state index contributed by atoms with van der Waals surface area (Å²) in [5.74, 6) is 0.339. The molecule has 0 aromatic heterocycles. The van der Waals surface area contributed by atoms with E-state index in [1.807, 2.05) is 12.1 Å². The van der Waals surface area contributed by atoms with Crippen molar-refractivity contribution in [1.29, 1.82) is 0 Å². The lowest BCUT2D eigenvalue weighted by Gasteiger charge is -2.11. The zero-order valence-corrected chi connectivity index (χ0v) is 11.1. The zero-order valence-electron chi connectivity index (χ0n) is 11.1. The summed E-state index contributed by atoms with van der Waals surface area (Å²) in [6.45, 7) is 8.36. The van der Waals surface area contributed by atoms with Crippen molar-refractivity contribution >= 4 is 5.57 Å². The number of hydrogen-bond donors (Lipinski definition) is 2. The number of phenols is 1. The molecule has 0 spiro atoms. The minimum Gasteiger partial charge on any atom is -0.508 e. The first-order chi connectivity index (χ1) is 8.19. The van der Waals surface area contributed by atoms with Crippen molar-refractivity contribution < 1.29 is 5.11 Å². The molecule has 0 atom stereocenters. The molecule has 0 saturated carbocycles. The van der Waals surface area contributed by atoms with E-state index < -0.39 is 0 Å². The van der Waals surface area contributed by atoms with Gasteiger partial charge in [0.05, 0.1) is 0 Å². The molecule has 2 N–H and O–H groups in total. The largest absolute Gasteiger partial charge is 0.508 e. The second-order valence-electron chi connectivity index (χ2n) is 4.31. The molecule has 0 aliphatic heterocycles. The lowest BCUT2D eigenvalue weighted by atomic mass is 9.97. The van der Waals surface area contributed by atoms with Crippen molar-refractivity contribution in [1.82, 2.24) is 5.32 Å². The molecule has 0 amide bonds. The first kappa shape index (κ1) is 13.8. The molecule has 0 fully saturated rings. The van der Waals surface area contributed by atoms with Gasteiger partial charge < -0.3 is 10.4 Å². The van der Waals surface area contributed by atoms with Crippen LogP contribution in [0, 0.1) is 6.92 Å². The molecule has 2 heteroatoms. The Labute approximate surface area is 104 Å². The number of nitrogens with one attached hydrogen (secondary N) is 1. The van der Waals surface area contributed by atoms with Gasteiger partial charge in [0, 0.05) is 0 Å². The van der Waals surface area contributed by atoms with Crippen molar-refractivity contribution in [3.8, 4) is 5.75 Å². The molecule has 0 bridgehead atoms. The van der Waals surface area contributed by atoms with Gasteiger partial charge in [0.1, 0.15) is 5.75 Å². The molecule has 0 unspecified atom stereocenters. The summed E-state index contributed by atoms with van der Waals surface area (Å²) in [6.07, 6.45) is 4.30. The maximum absolute atomic E-state index is 9.55. The minimum atomic E-state index is 0.339. The highest BCUT2D eigenvalue weighted by molar-refractivity contribution is 5.69. The molecule has 94 valence electrons. The number of hydrogen-bond acceptors (Lipinski definition) is 2. The van der Waals surface area contributed by atoms with Crippen LogP contribution < -0.4 is 5.32 Å². The quantitative estimate of drug-likeness (QED) is 0.737. The Hall–Kier alpha value is -1.28. The van der Waals surface area contributed by atoms with Crippen molar-refractivity contribution in [2.75, 3.05) is 13.1 Å². The van der Waals surface area contributed by atoms with E-state index in [4.69, 9.17) is 0 Å². The van der Waals surface area contributed by atoms with Gasteiger partial charge in [0.25, 0.3) is 0 Å². The fourth-order valence-corrected chi connectivity index (χ4v) is 1.92. The van der Waals surface area contributed by atoms with E-state index in [9.17, 15) is 5.11 Å². The van der Waals surface area contributed by atoms with Crippen molar-refractivity contribution in [2.24, 2.45) is 0 Å². The number of phenolic OH excluding ortho intramolecular Hbond substituents is 1. The summed E-state index contributed by atoms with van der Waals surface area (Å²) in [7, 11) is 0. The Bertz CT molecular complexity index is 383. The van der Waals surface area contributed by atoms with Crippen molar-refractivity contribution in [3.05, 3.63) is 35.4 Å². The predicted octanol–water partition coefficient (Wildman–Crippen LogP) is 3.49. The second kappa shape index (κ2) is 7.13. The van der Waals surface area contributed by atoms with E-state index in [2.05, 4.69) is 32.2 Å². The molecule has 17 heavy (non-hydrogen) atoms. The SMILES string of the molecule is C/C=C(/CCNCCC)c1cc(O)ccc1C. The highest BCUT2D eigenvalue weighted by Gasteiger charge is 2.05. The van der Waals surface area contributed by atoms with Crippen LogP contribution in [0.1, 0.15) is 37.8 Å². The van der Waals surface area contributed by atoms with Crippen LogP contribution in [-0.4, -0.2) is 18.2 Å². The van der Waals surface area contributed by atoms with Gasteiger partial charge >= 0.3 is 0 Å². The second-order valence-corrected chi connectivity index (χ2v) is 4.31. The van der Waals surface area contributed by atoms with Crippen LogP contribution in [0.4, 0.5) is 0 Å². The van der Waals surface area contributed by atoms with Gasteiger partial charge in [-0.1, -0.05) is 19.1 Å². The first-order valence-electron chi connectivity index (χ1n) is 6.35. The van der Waals surface area contributed by atoms with Crippen LogP contribution in [-0.2, 0) is 0 Å². The lowest BCUT2D eigenvalue weighted by molar-refractivity contribution is 0.475. The Morgan fingerprint density at radius 2 is 2.12 bits per heavy atom. The molecule has 1 aromatic carbocycles. The normalized spacial score (nSPS) is 11.8. The third-order valence-electron chi connectivity index (χ3n) is 2.91. The Morgan fingerprint density at radius 3 is 2.76 bits per heavy atom. The minimum absolute atomic E-state index is 0.339. The number of aromatic hydroxyl groups is 1. The third kappa shape index (κ3) is 4.23. The molecule has 2 nitrogen and oxygen atoms in total. The zero-order chi connectivity index (χ0) is 12.7. The highest BCUT2D eigenvalue weighted by atomic mass is 16.3. The molecule has 0 radical (unpaired) electrons. The molecule has 0 heterocycles. The standard InChI is InChI=1S/C15H23NO/c1-4-9-16-10-8-13(5-2)15-11-14(17)7-6-12(15)3/h5-7,11,16-17H,4,8-10H2,1-3H3/b13-5-. The van der Waals surface area contributed by atoms with E-state index in [-0.39, 0.29) is 0 Å². The number of aryl methyl sites for hydroxylation is 1. The summed E-state index contributed by atoms with van der Waals surface area (Å²) in [4.78, 5) is 0. The van der Waals surface area contributed by atoms with Gasteiger partial charge in [-0.25, -0.2) is 0 Å². The number of allylic oxidation sites excluding steroid dienone is 1. The maximum atomic E-state index is 9.55. The molecule has 0 aliphatic rings. The number of rotatable bonds is 6. The summed E-state index contributed by atoms with van der Waals surface area (Å²) in [6, 6.07) is 5.56. The molecule has 0 saturated heterocycles. The summed E-state index contributed by atoms with van der Waals surface area (Å²) < 4.78 is 0. The molecule has 1 rings (SSSR count). The van der Waals surface area contributed by atoms with Gasteiger partial charge in [-0.15, -0.1) is 0 Å². The fourth-order valence-electron chi connectivity index (χ4n) is 1.92. The van der Waals surface area contributed by atoms with Gasteiger partial charge in [-0.2, -0.15) is 0 Å². The first-order valence-corrected chi connectivity index (χ1v) is 6.35. The van der Waals surface area contributed by atoms with Gasteiger partial charge in [-0.3, -0.25) is 0 Å². The van der Waals surface area contributed by atoms with Crippen LogP contribution in [0.5, 0.6) is 5.75 Å². The van der Waals surface area contributed by atoms with Crippen molar-refractivity contribution in [2.45, 2.75) is 33.6 Å². The lowest BCUT2D eigenvalue weighted by Crippen LogP contribution is -2.16. The van der Waals surface area contributed by atoms with E-state index in [1.165, 1.54) is 11.1 Å². The van der Waals surface area contributed by atoms with Gasteiger partial charge in [0.2, 0.25) is 0 Å². The molecular weight excluding hydrogens is 210 g/mol. The third-order valence-corrected chi connectivity index (χ3v) is 2.91. The maximum Gasteiger partial charge on any atom is 0.116 e. The monoisotopic (exact) mass is 233 g/mol. The van der Waals surface area contributed by atoms with Gasteiger partial charge in [0.15, 0.2) is 0 Å². The van der Waals surface area contributed by atoms with Crippen LogP contribution in [0.15, 0.2) is 24.3 Å².